The summed E-state index contributed by atoms with van der Waals surface area (Å²) in [5, 5.41) is 58.5. The number of unbranched alkanes of at least 4 members (excludes halogenated alkanes) is 1. The number of fused-ring (bicyclic) bond motifs is 5. The molecule has 0 aliphatic carbocycles. The predicted molar refractivity (Wildman–Crippen MR) is 532 cm³/mol. The third-order valence-corrected chi connectivity index (χ3v) is 24.6. The van der Waals surface area contributed by atoms with Crippen molar-refractivity contribution in [1.82, 2.24) is 77.7 Å². The zero-order valence-electron chi connectivity index (χ0n) is 81.8. The van der Waals surface area contributed by atoms with Crippen LogP contribution in [0, 0.1) is 29.6 Å². The fraction of sp³-hybridized carbons (Fsp3) is 0.531. The summed E-state index contributed by atoms with van der Waals surface area (Å²) in [4.78, 5) is 203. The predicted octanol–water partition coefficient (Wildman–Crippen LogP) is 4.43. The number of hydrogen-bond donors (Lipinski definition) is 17. The number of thiol groups is 1. The molecule has 19 N–H and O–H groups in total. The largest absolute Gasteiger partial charge is 0.507 e. The Balaban J connectivity index is 0.000000432. The van der Waals surface area contributed by atoms with Gasteiger partial charge in [0.2, 0.25) is 70.9 Å². The topological polar surface area (TPSA) is 548 Å². The Morgan fingerprint density at radius 1 is 0.500 bits per heavy atom. The van der Waals surface area contributed by atoms with Crippen LogP contribution in [0.1, 0.15) is 159 Å². The number of amides is 12. The first-order valence-electron chi connectivity index (χ1n) is 46.4. The molecule has 4 bridgehead atoms. The Morgan fingerprint density at radius 2 is 0.935 bits per heavy atom. The third kappa shape index (κ3) is 37.3. The van der Waals surface area contributed by atoms with Crippen molar-refractivity contribution in [3.05, 3.63) is 137 Å². The van der Waals surface area contributed by atoms with Crippen molar-refractivity contribution >= 4 is 131 Å². The number of nitrogens with two attached hydrogens (primary N) is 3. The molecule has 7 saturated heterocycles. The minimum absolute atomic E-state index is 0. The molecule has 40 heteroatoms. The first-order valence-corrected chi connectivity index (χ1v) is 47.2. The molecule has 0 spiro atoms. The molecule has 12 amide bonds. The summed E-state index contributed by atoms with van der Waals surface area (Å²) in [6.45, 7) is 17.1. The summed E-state index contributed by atoms with van der Waals surface area (Å²) in [5.74, 6) is -7.01. The fourth-order valence-electron chi connectivity index (χ4n) is 15.7. The van der Waals surface area contributed by atoms with Gasteiger partial charge in [-0.15, -0.1) is 25.0 Å². The number of nitrogens with one attached hydrogen (secondary N) is 10. The van der Waals surface area contributed by atoms with Gasteiger partial charge in [0, 0.05) is 144 Å². The molecule has 37 nitrogen and oxygen atoms in total. The Kier molecular flexibility index (Phi) is 51.4. The number of carboxylic acid groups (broad SMARTS) is 1. The van der Waals surface area contributed by atoms with Crippen molar-refractivity contribution < 1.29 is 92.0 Å². The molecule has 7 fully saturated rings. The summed E-state index contributed by atoms with van der Waals surface area (Å²) >= 11 is 10.1. The standard InChI is InChI=1S/C51H58ClN5O9.C9H16N2O2.C8H15N3O2.C6H12N2O.C6H6S.2C5H10N2O.C4H8N2O.C4H8O2.ClH/c1-29-23-46(62)47(57(4)51(66)36(7-5-6-21-53)28-44(60)34-11-9-32(10-12-34)33-13-16-37(52)17-14-33)35-15-19-43(59)39(27-35)38-25-31(8-18-42(38)58)26-40(55-48(29)63)45(61)24-30(2)50(65)56(3)41-20-22-54-49(41)64;1-6(2)9(13)11(3)7-4-5-10-8(7)12;1-5(9)8(13)11(2)6-3-4-10-7(6)12;1-8(2)5-3-4-7-6(5)9;7-6-4-2-1-3-5-6;2*1-6-4-2-3-7-5(4)8;5-3-1-2-6-4(3)7;1-3(2)4(5)6;/h8-19,25,27,29-30,36,40-41,47,58-59H,5-7,20-24,26,28,53H2,1-4H3,(H,54,64)(H,55,63);6-7H,4-5H2,1-3H3,(H,10,12);5-6H,3-4,9H2,1-2H3,(H,10,12);5H,3-4H2,1-2H3,(H,7,9);1-5,7H;2*4,6H,2-3H2,1H3,(H,7,8);3H,1-2,5H2,(H,6,7);3H,1-2H3,(H,5,6);1H/t29-,30-,36-,40+,41-,47+;7-;5-,6+;5-;;2*4-;3-;;/m1101.111../s1. The van der Waals surface area contributed by atoms with Gasteiger partial charge in [-0.05, 0) is 177 Å². The second kappa shape index (κ2) is 59.7. The van der Waals surface area contributed by atoms with E-state index in [9.17, 15) is 86.9 Å². The minimum atomic E-state index is -1.30. The molecule has 0 radical (unpaired) electrons. The van der Waals surface area contributed by atoms with Gasteiger partial charge in [0.05, 0.1) is 42.2 Å². The number of nitrogens with zero attached hydrogens (tertiary/aromatic N) is 5. The number of phenolic OH excluding ortho intramolecular Hbond substituents is 2. The number of carbonyl (C=O) groups excluding carboxylic acids is 15. The average molecular weight is 1980 g/mol. The van der Waals surface area contributed by atoms with Crippen LogP contribution in [0.2, 0.25) is 5.02 Å². The van der Waals surface area contributed by atoms with E-state index in [1.807, 2.05) is 87.4 Å². The number of benzene rings is 5. The van der Waals surface area contributed by atoms with E-state index in [0.29, 0.717) is 80.0 Å². The summed E-state index contributed by atoms with van der Waals surface area (Å²) < 4.78 is 0. The summed E-state index contributed by atoms with van der Waals surface area (Å²) in [6, 6.07) is 28.9. The molecule has 13 atom stereocenters. The summed E-state index contributed by atoms with van der Waals surface area (Å²) in [7, 11) is 13.8. The maximum absolute atomic E-state index is 14.7. The van der Waals surface area contributed by atoms with Crippen molar-refractivity contribution in [2.75, 3.05) is 109 Å². The second-order valence-electron chi connectivity index (χ2n) is 35.6. The van der Waals surface area contributed by atoms with E-state index in [0.717, 1.165) is 74.3 Å². The van der Waals surface area contributed by atoms with E-state index in [2.05, 4.69) is 65.8 Å². The van der Waals surface area contributed by atoms with Gasteiger partial charge >= 0.3 is 5.97 Å². The highest BCUT2D eigenvalue weighted by molar-refractivity contribution is 7.80. The van der Waals surface area contributed by atoms with Crippen LogP contribution >= 0.6 is 36.6 Å². The molecule has 0 saturated carbocycles. The van der Waals surface area contributed by atoms with E-state index in [1.54, 1.807) is 104 Å². The molecular formula is C98H144Cl2N18O19S. The Bertz CT molecular complexity index is 4830. The van der Waals surface area contributed by atoms with Crippen molar-refractivity contribution in [2.45, 2.75) is 204 Å². The van der Waals surface area contributed by atoms with Crippen molar-refractivity contribution in [3.8, 4) is 33.8 Å². The van der Waals surface area contributed by atoms with Gasteiger partial charge in [0.1, 0.15) is 35.7 Å². The van der Waals surface area contributed by atoms with Gasteiger partial charge in [0.25, 0.3) is 0 Å². The zero-order chi connectivity index (χ0) is 102. The quantitative estimate of drug-likeness (QED) is 0.0244. The summed E-state index contributed by atoms with van der Waals surface area (Å²) in [5.41, 5.74) is 19.9. The van der Waals surface area contributed by atoms with Crippen LogP contribution in [-0.2, 0) is 78.3 Å². The van der Waals surface area contributed by atoms with Crippen LogP contribution in [-0.4, -0.2) is 297 Å². The molecule has 760 valence electrons. The molecule has 8 aliphatic heterocycles. The Morgan fingerprint density at radius 3 is 1.31 bits per heavy atom. The van der Waals surface area contributed by atoms with E-state index in [4.69, 9.17) is 33.9 Å². The highest BCUT2D eigenvalue weighted by Gasteiger charge is 2.40. The molecule has 8 aliphatic rings. The van der Waals surface area contributed by atoms with Gasteiger partial charge in [-0.2, -0.15) is 0 Å². The van der Waals surface area contributed by atoms with Crippen LogP contribution in [0.25, 0.3) is 22.3 Å². The van der Waals surface area contributed by atoms with Crippen LogP contribution in [0.15, 0.2) is 120 Å². The number of phenols is 2. The Labute approximate surface area is 825 Å². The highest BCUT2D eigenvalue weighted by Crippen LogP contribution is 2.40. The number of rotatable bonds is 23. The zero-order valence-corrected chi connectivity index (χ0v) is 84.2. The van der Waals surface area contributed by atoms with Crippen molar-refractivity contribution in [2.24, 2.45) is 46.8 Å². The maximum atomic E-state index is 14.7. The third-order valence-electron chi connectivity index (χ3n) is 24.1. The fourth-order valence-corrected chi connectivity index (χ4v) is 16.0. The molecule has 13 rings (SSSR count). The van der Waals surface area contributed by atoms with Gasteiger partial charge < -0.3 is 105 Å². The maximum Gasteiger partial charge on any atom is 0.305 e. The SMILES string of the molecule is CC(C)C(=O)N(C)[C@@H]1CCNC1=O.CC(C)C(=O)O.CN(C)[C@@H]1CCNC1=O.CN[C@@H]1CCNC1=O.CN[C@@H]1CCNC1=O.C[C@@H]1CC(=O)[C@@H](N(C)C(=O)[C@H](CCCCN)CC(=O)c2ccc(-c3ccc(Cl)cc3)cc2)c2ccc(O)c(c2)-c2cc(ccc2O)C[C@@H](C(=O)C[C@@H](C)C(=O)N(C)[C@@H]2CCNC2=O)NC1=O.C[C@H](N)C(=O)N(C)[C@@H]1CCNC1=O.Cl.N[C@@H]1CCNC1=O.Sc1ccccc1. The van der Waals surface area contributed by atoms with Crippen molar-refractivity contribution in [3.63, 3.8) is 0 Å². The molecule has 5 aromatic rings. The van der Waals surface area contributed by atoms with E-state index in [1.165, 1.54) is 53.1 Å². The molecule has 138 heavy (non-hydrogen) atoms. The highest BCUT2D eigenvalue weighted by atomic mass is 35.5. The van der Waals surface area contributed by atoms with Crippen LogP contribution < -0.4 is 70.4 Å². The van der Waals surface area contributed by atoms with Gasteiger partial charge in [0.15, 0.2) is 17.3 Å². The van der Waals surface area contributed by atoms with E-state index in [-0.39, 0.29) is 168 Å². The van der Waals surface area contributed by atoms with E-state index < -0.39 is 77.2 Å². The average Bonchev–Trinajstić information content (AvgIpc) is 1.08. The molecule has 0 unspecified atom stereocenters. The number of ketones is 3. The number of carbonyl (C=O) groups is 16. The molecule has 8 heterocycles. The first-order chi connectivity index (χ1) is 64.8. The van der Waals surface area contributed by atoms with Gasteiger partial charge in [-0.3, -0.25) is 81.6 Å². The number of carboxylic acids is 1. The van der Waals surface area contributed by atoms with Gasteiger partial charge in [-0.25, -0.2) is 0 Å². The minimum Gasteiger partial charge on any atom is -0.507 e. The number of aromatic hydroxyl groups is 2. The number of Topliss-reactive ketones (excluding diaryl/α,β-unsaturated/α-hetero) is 3. The lowest BCUT2D eigenvalue weighted by atomic mass is 9.87. The lowest BCUT2D eigenvalue weighted by Crippen LogP contribution is -2.48. The first kappa shape index (κ1) is 119. The lowest BCUT2D eigenvalue weighted by Gasteiger charge is -2.32. The lowest BCUT2D eigenvalue weighted by molar-refractivity contribution is -0.143. The molecule has 5 aromatic carbocycles. The number of halogens is 2. The Hall–Kier alpha value is -11.5. The van der Waals surface area contributed by atoms with Crippen LogP contribution in [0.4, 0.5) is 0 Å². The second-order valence-corrected chi connectivity index (χ2v) is 36.5. The normalized spacial score (nSPS) is 21.0. The molecular weight excluding hydrogens is 1840 g/mol. The van der Waals surface area contributed by atoms with Crippen LogP contribution in [0.5, 0.6) is 11.5 Å². The smallest absolute Gasteiger partial charge is 0.305 e. The van der Waals surface area contributed by atoms with Crippen molar-refractivity contribution in [1.29, 1.82) is 0 Å². The summed E-state index contributed by atoms with van der Waals surface area (Å²) in [6.07, 6.45) is 6.08. The number of hydrogen-bond acceptors (Lipinski definition) is 25. The molecule has 0 aromatic heterocycles. The van der Waals surface area contributed by atoms with E-state index >= 15 is 0 Å². The monoisotopic (exact) mass is 1980 g/mol. The van der Waals surface area contributed by atoms with Crippen LogP contribution in [0.3, 0.4) is 0 Å². The van der Waals surface area contributed by atoms with Gasteiger partial charge in [-0.1, -0.05) is 126 Å². The number of aliphatic carboxylic acids is 1. The number of likely N-dealkylation sites (N-methyl/N-ethyl adjacent to an activating group) is 7.